The Morgan fingerprint density at radius 2 is 1.44 bits per heavy atom. The molecule has 7 nitrogen and oxygen atoms in total. The molecule has 32 heavy (non-hydrogen) atoms. The number of H-pyrrole nitrogens is 1. The van der Waals surface area contributed by atoms with Gasteiger partial charge < -0.3 is 10.1 Å². The summed E-state index contributed by atoms with van der Waals surface area (Å²) in [5.74, 6) is -0.781. The van der Waals surface area contributed by atoms with E-state index in [4.69, 9.17) is 4.74 Å². The third-order valence-corrected chi connectivity index (χ3v) is 4.68. The Hall–Kier alpha value is -4.52. The zero-order valence-corrected chi connectivity index (χ0v) is 17.2. The van der Waals surface area contributed by atoms with Gasteiger partial charge in [-0.1, -0.05) is 60.7 Å². The van der Waals surface area contributed by atoms with Crippen molar-refractivity contribution in [2.45, 2.75) is 6.92 Å². The van der Waals surface area contributed by atoms with E-state index in [-0.39, 0.29) is 17.2 Å². The molecule has 1 amide bonds. The normalized spacial score (nSPS) is 10.4. The molecule has 1 heterocycles. The second-order valence-corrected chi connectivity index (χ2v) is 6.98. The molecule has 0 aliphatic carbocycles. The zero-order valence-electron chi connectivity index (χ0n) is 17.2. The fourth-order valence-electron chi connectivity index (χ4n) is 3.30. The number of nitrogens with one attached hydrogen (secondary N) is 2. The van der Waals surface area contributed by atoms with Crippen molar-refractivity contribution in [3.05, 3.63) is 101 Å². The number of ether oxygens (including phenoxy) is 1. The minimum atomic E-state index is -0.808. The van der Waals surface area contributed by atoms with Gasteiger partial charge in [0.25, 0.3) is 5.56 Å². The molecule has 0 spiro atoms. The maximum atomic E-state index is 13.1. The number of carbonyl (C=O) groups excluding carboxylic acids is 2. The summed E-state index contributed by atoms with van der Waals surface area (Å²) in [4.78, 5) is 37.1. The lowest BCUT2D eigenvalue weighted by molar-refractivity contribution is -0.114. The lowest BCUT2D eigenvalue weighted by Gasteiger charge is -2.13. The Kier molecular flexibility index (Phi) is 5.89. The first kappa shape index (κ1) is 20.7. The van der Waals surface area contributed by atoms with E-state index in [1.165, 1.54) is 6.92 Å². The number of benzene rings is 3. The summed E-state index contributed by atoms with van der Waals surface area (Å²) in [5.41, 5.74) is 2.04. The molecule has 3 aromatic carbocycles. The first-order chi connectivity index (χ1) is 15.5. The van der Waals surface area contributed by atoms with Crippen LogP contribution in [0, 0.1) is 0 Å². The molecule has 0 radical (unpaired) electrons. The fraction of sp³-hybridized carbons (Fsp3) is 0.0400. The van der Waals surface area contributed by atoms with E-state index in [1.54, 1.807) is 24.3 Å². The SMILES string of the molecule is CC(=O)Nc1ccc(OC(=O)c2c(-c3ccccc3)c(-c3ccccc3)n[nH]c2=O)cc1. The summed E-state index contributed by atoms with van der Waals surface area (Å²) in [6.45, 7) is 1.40. The van der Waals surface area contributed by atoms with Gasteiger partial charge in [-0.2, -0.15) is 5.10 Å². The molecule has 0 aliphatic heterocycles. The number of hydrogen-bond acceptors (Lipinski definition) is 5. The lowest BCUT2D eigenvalue weighted by Crippen LogP contribution is -2.25. The summed E-state index contributed by atoms with van der Waals surface area (Å²) in [7, 11) is 0. The van der Waals surface area contributed by atoms with Crippen molar-refractivity contribution in [1.29, 1.82) is 0 Å². The highest BCUT2D eigenvalue weighted by Gasteiger charge is 2.24. The van der Waals surface area contributed by atoms with Gasteiger partial charge in [-0.05, 0) is 29.8 Å². The maximum Gasteiger partial charge on any atom is 0.349 e. The largest absolute Gasteiger partial charge is 0.423 e. The Bertz CT molecular complexity index is 1320. The fourth-order valence-corrected chi connectivity index (χ4v) is 3.30. The van der Waals surface area contributed by atoms with E-state index in [0.29, 0.717) is 22.5 Å². The Morgan fingerprint density at radius 3 is 2.03 bits per heavy atom. The van der Waals surface area contributed by atoms with Crippen LogP contribution in [0.15, 0.2) is 89.7 Å². The first-order valence-corrected chi connectivity index (χ1v) is 9.86. The van der Waals surface area contributed by atoms with Crippen LogP contribution in [-0.2, 0) is 4.79 Å². The van der Waals surface area contributed by atoms with Crippen molar-refractivity contribution in [3.63, 3.8) is 0 Å². The molecule has 1 aromatic heterocycles. The number of amides is 1. The Balaban J connectivity index is 1.78. The number of aromatic amines is 1. The lowest BCUT2D eigenvalue weighted by atomic mass is 9.95. The molecule has 7 heteroatoms. The van der Waals surface area contributed by atoms with Crippen LogP contribution in [0.1, 0.15) is 17.3 Å². The minimum Gasteiger partial charge on any atom is -0.423 e. The van der Waals surface area contributed by atoms with Crippen molar-refractivity contribution in [3.8, 4) is 28.1 Å². The summed E-state index contributed by atoms with van der Waals surface area (Å²) in [5, 5.41) is 9.29. The highest BCUT2D eigenvalue weighted by atomic mass is 16.5. The second-order valence-electron chi connectivity index (χ2n) is 6.98. The molecular weight excluding hydrogens is 406 g/mol. The minimum absolute atomic E-state index is 0.143. The summed E-state index contributed by atoms with van der Waals surface area (Å²) in [6.07, 6.45) is 0. The highest BCUT2D eigenvalue weighted by molar-refractivity contribution is 6.01. The van der Waals surface area contributed by atoms with Crippen LogP contribution in [0.2, 0.25) is 0 Å². The van der Waals surface area contributed by atoms with Gasteiger partial charge in [-0.25, -0.2) is 9.89 Å². The quantitative estimate of drug-likeness (QED) is 0.367. The molecule has 0 atom stereocenters. The van der Waals surface area contributed by atoms with Crippen LogP contribution >= 0.6 is 0 Å². The molecule has 2 N–H and O–H groups in total. The van der Waals surface area contributed by atoms with Crippen LogP contribution in [0.25, 0.3) is 22.4 Å². The zero-order chi connectivity index (χ0) is 22.5. The van der Waals surface area contributed by atoms with E-state index >= 15 is 0 Å². The van der Waals surface area contributed by atoms with Crippen molar-refractivity contribution < 1.29 is 14.3 Å². The van der Waals surface area contributed by atoms with Gasteiger partial charge in [-0.3, -0.25) is 9.59 Å². The molecule has 4 rings (SSSR count). The predicted molar refractivity (Wildman–Crippen MR) is 121 cm³/mol. The van der Waals surface area contributed by atoms with Crippen molar-refractivity contribution in [2.75, 3.05) is 5.32 Å². The van der Waals surface area contributed by atoms with Crippen LogP contribution in [-0.4, -0.2) is 22.1 Å². The van der Waals surface area contributed by atoms with E-state index in [9.17, 15) is 14.4 Å². The summed E-state index contributed by atoms with van der Waals surface area (Å²) < 4.78 is 5.49. The molecular formula is C25H19N3O4. The van der Waals surface area contributed by atoms with Crippen LogP contribution in [0.3, 0.4) is 0 Å². The molecule has 158 valence electrons. The topological polar surface area (TPSA) is 101 Å². The Morgan fingerprint density at radius 1 is 0.844 bits per heavy atom. The van der Waals surface area contributed by atoms with Crippen LogP contribution < -0.4 is 15.6 Å². The molecule has 0 bridgehead atoms. The number of carbonyl (C=O) groups is 2. The van der Waals surface area contributed by atoms with Crippen molar-refractivity contribution >= 4 is 17.6 Å². The highest BCUT2D eigenvalue weighted by Crippen LogP contribution is 2.32. The predicted octanol–water partition coefficient (Wildman–Crippen LogP) is 4.28. The van der Waals surface area contributed by atoms with E-state index in [2.05, 4.69) is 15.5 Å². The number of aromatic nitrogens is 2. The molecule has 4 aromatic rings. The third kappa shape index (κ3) is 4.46. The molecule has 0 aliphatic rings. The Labute approximate surface area is 183 Å². The smallest absolute Gasteiger partial charge is 0.349 e. The number of esters is 1. The molecule has 0 saturated carbocycles. The maximum absolute atomic E-state index is 13.1. The van der Waals surface area contributed by atoms with Gasteiger partial charge >= 0.3 is 5.97 Å². The number of rotatable bonds is 5. The van der Waals surface area contributed by atoms with E-state index in [1.807, 2.05) is 60.7 Å². The van der Waals surface area contributed by atoms with Crippen molar-refractivity contribution in [2.24, 2.45) is 0 Å². The van der Waals surface area contributed by atoms with E-state index in [0.717, 1.165) is 5.56 Å². The molecule has 0 unspecified atom stereocenters. The van der Waals surface area contributed by atoms with Gasteiger partial charge in [0.15, 0.2) is 0 Å². The average Bonchev–Trinajstić information content (AvgIpc) is 2.81. The van der Waals surface area contributed by atoms with Crippen LogP contribution in [0.5, 0.6) is 5.75 Å². The third-order valence-electron chi connectivity index (χ3n) is 4.68. The number of nitrogens with zero attached hydrogens (tertiary/aromatic N) is 1. The second kappa shape index (κ2) is 9.09. The van der Waals surface area contributed by atoms with Gasteiger partial charge in [0.2, 0.25) is 5.91 Å². The number of anilines is 1. The van der Waals surface area contributed by atoms with Gasteiger partial charge in [0, 0.05) is 23.7 Å². The molecule has 0 saturated heterocycles. The monoisotopic (exact) mass is 425 g/mol. The van der Waals surface area contributed by atoms with Gasteiger partial charge in [0.05, 0.1) is 5.69 Å². The number of hydrogen-bond donors (Lipinski definition) is 2. The average molecular weight is 425 g/mol. The van der Waals surface area contributed by atoms with Gasteiger partial charge in [-0.15, -0.1) is 0 Å². The standard InChI is InChI=1S/C25H19N3O4/c1-16(29)26-19-12-14-20(15-13-19)32-25(31)22-21(17-8-4-2-5-9-17)23(27-28-24(22)30)18-10-6-3-7-11-18/h2-15H,1H3,(H,26,29)(H,28,30). The van der Waals surface area contributed by atoms with Crippen molar-refractivity contribution in [1.82, 2.24) is 10.2 Å². The van der Waals surface area contributed by atoms with Crippen LogP contribution in [0.4, 0.5) is 5.69 Å². The summed E-state index contributed by atoms with van der Waals surface area (Å²) >= 11 is 0. The van der Waals surface area contributed by atoms with Gasteiger partial charge in [0.1, 0.15) is 11.3 Å². The van der Waals surface area contributed by atoms with E-state index < -0.39 is 11.5 Å². The summed E-state index contributed by atoms with van der Waals surface area (Å²) in [6, 6.07) is 24.7. The molecule has 0 fully saturated rings. The first-order valence-electron chi connectivity index (χ1n) is 9.86.